The largest absolute Gasteiger partial charge is 0.389 e. The third kappa shape index (κ3) is 3.19. The molecule has 7 nitrogen and oxygen atoms in total. The van der Waals surface area contributed by atoms with E-state index in [-0.39, 0.29) is 12.0 Å². The van der Waals surface area contributed by atoms with Crippen molar-refractivity contribution in [3.8, 4) is 0 Å². The quantitative estimate of drug-likeness (QED) is 0.264. The lowest BCUT2D eigenvalue weighted by atomic mass is 9.80. The van der Waals surface area contributed by atoms with E-state index >= 15 is 0 Å². The molecule has 1 fully saturated rings. The van der Waals surface area contributed by atoms with Gasteiger partial charge in [-0.1, -0.05) is 35.9 Å². The molecule has 6 rings (SSSR count). The van der Waals surface area contributed by atoms with Crippen molar-refractivity contribution in [2.24, 2.45) is 5.41 Å². The second-order valence-corrected chi connectivity index (χ2v) is 10.3. The van der Waals surface area contributed by atoms with E-state index in [0.29, 0.717) is 29.5 Å². The van der Waals surface area contributed by atoms with E-state index in [0.717, 1.165) is 26.3 Å². The zero-order valence-electron chi connectivity index (χ0n) is 17.4. The highest BCUT2D eigenvalue weighted by atomic mass is 79.9. The van der Waals surface area contributed by atoms with Gasteiger partial charge in [-0.25, -0.2) is 15.0 Å². The molecule has 4 N–H and O–H groups in total. The number of aliphatic hydroxyl groups excluding tert-OH is 2. The van der Waals surface area contributed by atoms with Crippen LogP contribution in [0.25, 0.3) is 21.9 Å². The number of aliphatic hydroxyl groups is 2. The molecule has 5 atom stereocenters. The predicted molar refractivity (Wildman–Crippen MR) is 131 cm³/mol. The minimum atomic E-state index is -0.923. The normalized spacial score (nSPS) is 29.1. The van der Waals surface area contributed by atoms with Crippen LogP contribution in [0, 0.1) is 5.41 Å². The number of benzene rings is 1. The molecule has 0 amide bonds. The number of nitrogens with zero attached hydrogens (tertiary/aromatic N) is 4. The van der Waals surface area contributed by atoms with Crippen LogP contribution < -0.4 is 5.73 Å². The Kier molecular flexibility index (Phi) is 4.78. The average Bonchev–Trinajstić information content (AvgIpc) is 3.48. The first-order valence-electron chi connectivity index (χ1n) is 10.7. The average molecular weight is 527 g/mol. The number of hydrogen-bond acceptors (Lipinski definition) is 6. The van der Waals surface area contributed by atoms with Crippen LogP contribution >= 0.6 is 27.5 Å². The first kappa shape index (κ1) is 21.0. The van der Waals surface area contributed by atoms with E-state index in [1.165, 1.54) is 6.33 Å². The van der Waals surface area contributed by atoms with Crippen LogP contribution in [0.4, 0.5) is 5.82 Å². The summed E-state index contributed by atoms with van der Waals surface area (Å²) >= 11 is 9.63. The smallest absolute Gasteiger partial charge is 0.145 e. The van der Waals surface area contributed by atoms with E-state index < -0.39 is 17.6 Å². The molecule has 9 heteroatoms. The molecule has 0 unspecified atom stereocenters. The molecule has 2 aliphatic rings. The van der Waals surface area contributed by atoms with Gasteiger partial charge in [0.25, 0.3) is 0 Å². The highest BCUT2D eigenvalue weighted by Gasteiger charge is 2.54. The molecule has 0 bridgehead atoms. The van der Waals surface area contributed by atoms with Crippen molar-refractivity contribution in [3.63, 3.8) is 0 Å². The SMILES string of the molecule is Nc1nc2cc([C@@H]3C=C[C@]4(C3)C[C@@H](n3ccc5c(Cl)ncnc53)[C@H](O)[C@@H]4O)ccc2cc1Br. The van der Waals surface area contributed by atoms with E-state index in [2.05, 4.69) is 55.2 Å². The number of hydrogen-bond donors (Lipinski definition) is 3. The summed E-state index contributed by atoms with van der Waals surface area (Å²) in [5, 5.41) is 24.3. The minimum Gasteiger partial charge on any atom is -0.389 e. The lowest BCUT2D eigenvalue weighted by Gasteiger charge is -2.27. The minimum absolute atomic E-state index is 0.111. The van der Waals surface area contributed by atoms with Gasteiger partial charge < -0.3 is 20.5 Å². The molecule has 3 aromatic heterocycles. The van der Waals surface area contributed by atoms with Crippen molar-refractivity contribution in [3.05, 3.63) is 70.2 Å². The van der Waals surface area contributed by atoms with Crippen LogP contribution in [0.15, 0.2) is 59.5 Å². The Morgan fingerprint density at radius 3 is 2.85 bits per heavy atom. The fraction of sp³-hybridized carbons (Fsp3) is 0.292. The third-order valence-corrected chi connectivity index (χ3v) is 8.16. The van der Waals surface area contributed by atoms with Crippen LogP contribution in [0.3, 0.4) is 0 Å². The summed E-state index contributed by atoms with van der Waals surface area (Å²) in [6.45, 7) is 0. The van der Waals surface area contributed by atoms with Crippen molar-refractivity contribution < 1.29 is 10.2 Å². The molecule has 1 spiro atoms. The Morgan fingerprint density at radius 1 is 1.15 bits per heavy atom. The summed E-state index contributed by atoms with van der Waals surface area (Å²) in [6.07, 6.45) is 6.98. The van der Waals surface area contributed by atoms with Gasteiger partial charge in [0.1, 0.15) is 29.0 Å². The number of anilines is 1. The van der Waals surface area contributed by atoms with Gasteiger partial charge in [-0.3, -0.25) is 0 Å². The third-order valence-electron chi connectivity index (χ3n) is 7.22. The Hall–Kier alpha value is -2.52. The molecule has 0 saturated heterocycles. The standard InChI is InChI=1S/C24H21BrClN5O2/c25-16-7-13-2-1-12(8-17(13)30-22(16)27)14-3-5-24(9-14)10-18(19(32)20(24)33)31-6-4-15-21(26)28-11-29-23(15)31/h1-8,11,14,18-20,32-33H,9-10H2,(H2,27,30)/t14-,18-,19+,20+,24+/m1/s1. The predicted octanol–water partition coefficient (Wildman–Crippen LogP) is 4.37. The fourth-order valence-corrected chi connectivity index (χ4v) is 6.04. The summed E-state index contributed by atoms with van der Waals surface area (Å²) in [7, 11) is 0. The van der Waals surface area contributed by atoms with E-state index in [1.807, 2.05) is 29.0 Å². The number of nitrogens with two attached hydrogens (primary N) is 1. The van der Waals surface area contributed by atoms with E-state index in [4.69, 9.17) is 17.3 Å². The van der Waals surface area contributed by atoms with Crippen LogP contribution in [0.1, 0.15) is 30.4 Å². The molecule has 0 aliphatic heterocycles. The summed E-state index contributed by atoms with van der Waals surface area (Å²) in [5.41, 5.74) is 8.06. The zero-order valence-corrected chi connectivity index (χ0v) is 19.8. The highest BCUT2D eigenvalue weighted by Crippen LogP contribution is 2.55. The first-order valence-corrected chi connectivity index (χ1v) is 11.9. The Bertz CT molecular complexity index is 1440. The highest BCUT2D eigenvalue weighted by molar-refractivity contribution is 9.10. The lowest BCUT2D eigenvalue weighted by molar-refractivity contribution is -0.0129. The van der Waals surface area contributed by atoms with Gasteiger partial charge in [0.05, 0.1) is 27.5 Å². The second kappa shape index (κ2) is 7.50. The Labute approximate surface area is 203 Å². The monoisotopic (exact) mass is 525 g/mol. The van der Waals surface area contributed by atoms with Crippen molar-refractivity contribution in [1.29, 1.82) is 0 Å². The Balaban J connectivity index is 1.31. The number of nitrogen functional groups attached to an aromatic ring is 1. The van der Waals surface area contributed by atoms with Crippen LogP contribution in [-0.2, 0) is 0 Å². The number of rotatable bonds is 2. The molecule has 1 saturated carbocycles. The van der Waals surface area contributed by atoms with Crippen molar-refractivity contribution in [2.75, 3.05) is 5.73 Å². The molecule has 33 heavy (non-hydrogen) atoms. The Morgan fingerprint density at radius 2 is 2.00 bits per heavy atom. The molecule has 4 aromatic rings. The van der Waals surface area contributed by atoms with Crippen molar-refractivity contribution >= 4 is 55.3 Å². The van der Waals surface area contributed by atoms with Gasteiger partial charge in [-0.15, -0.1) is 0 Å². The van der Waals surface area contributed by atoms with Crippen molar-refractivity contribution in [2.45, 2.75) is 37.0 Å². The molecule has 2 aliphatic carbocycles. The summed E-state index contributed by atoms with van der Waals surface area (Å²) in [4.78, 5) is 12.9. The lowest BCUT2D eigenvalue weighted by Crippen LogP contribution is -2.34. The number of halogens is 2. The van der Waals surface area contributed by atoms with Gasteiger partial charge >= 0.3 is 0 Å². The van der Waals surface area contributed by atoms with Gasteiger partial charge in [0.2, 0.25) is 0 Å². The summed E-state index contributed by atoms with van der Waals surface area (Å²) in [5.74, 6) is 0.568. The molecule has 0 radical (unpaired) electrons. The molecule has 1 aromatic carbocycles. The van der Waals surface area contributed by atoms with Crippen LogP contribution in [-0.4, -0.2) is 41.9 Å². The summed E-state index contributed by atoms with van der Waals surface area (Å²) in [6, 6.07) is 9.68. The fourth-order valence-electron chi connectivity index (χ4n) is 5.51. The van der Waals surface area contributed by atoms with Crippen LogP contribution in [0.5, 0.6) is 0 Å². The maximum absolute atomic E-state index is 11.1. The maximum atomic E-state index is 11.1. The molecule has 168 valence electrons. The van der Waals surface area contributed by atoms with Gasteiger partial charge in [-0.05, 0) is 52.5 Å². The number of pyridine rings is 1. The van der Waals surface area contributed by atoms with Gasteiger partial charge in [-0.2, -0.15) is 0 Å². The number of aromatic nitrogens is 4. The second-order valence-electron chi connectivity index (χ2n) is 9.04. The number of fused-ring (bicyclic) bond motifs is 2. The molecular weight excluding hydrogens is 506 g/mol. The topological polar surface area (TPSA) is 110 Å². The molecule has 3 heterocycles. The molecular formula is C24H21BrClN5O2. The van der Waals surface area contributed by atoms with Gasteiger partial charge in [0, 0.05) is 22.9 Å². The summed E-state index contributed by atoms with van der Waals surface area (Å²) < 4.78 is 2.69. The van der Waals surface area contributed by atoms with Crippen molar-refractivity contribution in [1.82, 2.24) is 19.5 Å². The maximum Gasteiger partial charge on any atom is 0.145 e. The van der Waals surface area contributed by atoms with Gasteiger partial charge in [0.15, 0.2) is 0 Å². The van der Waals surface area contributed by atoms with E-state index in [9.17, 15) is 10.2 Å². The van der Waals surface area contributed by atoms with E-state index in [1.54, 1.807) is 0 Å². The zero-order chi connectivity index (χ0) is 22.9. The number of allylic oxidation sites excluding steroid dienone is 1. The first-order chi connectivity index (χ1) is 15.9. The van der Waals surface area contributed by atoms with Crippen LogP contribution in [0.2, 0.25) is 5.15 Å².